The first-order chi connectivity index (χ1) is 5.22. The maximum atomic E-state index is 10.5. The maximum Gasteiger partial charge on any atom is 1.00 e. The number of hydrogen-bond acceptors (Lipinski definition) is 3. The van der Waals surface area contributed by atoms with Gasteiger partial charge >= 0.3 is 25.0 Å². The Morgan fingerprint density at radius 2 is 2.00 bits per heavy atom. The second-order valence-corrected chi connectivity index (χ2v) is 2.22. The number of H-pyrrole nitrogens is 1. The molecule has 0 radical (unpaired) electrons. The van der Waals surface area contributed by atoms with Gasteiger partial charge in [0.15, 0.2) is 0 Å². The van der Waals surface area contributed by atoms with Crippen molar-refractivity contribution in [3.05, 3.63) is 33.2 Å². The first kappa shape index (κ1) is 14.0. The molecule has 0 unspecified atom stereocenters. The van der Waals surface area contributed by atoms with Crippen molar-refractivity contribution in [3.63, 3.8) is 0 Å². The number of carbonyl (C=O) groups excluding carboxylic acids is 2. The summed E-state index contributed by atoms with van der Waals surface area (Å²) in [5, 5.41) is 0. The Balaban J connectivity index is 0. The predicted molar refractivity (Wildman–Crippen MR) is 38.6 cm³/mol. The van der Waals surface area contributed by atoms with Gasteiger partial charge in [0.2, 0.25) is 0 Å². The van der Waals surface area contributed by atoms with Crippen molar-refractivity contribution in [1.82, 2.24) is 4.98 Å². The summed E-state index contributed by atoms with van der Waals surface area (Å²) in [5.74, 6) is 0. The van der Waals surface area contributed by atoms with Gasteiger partial charge in [0.25, 0.3) is 0 Å². The van der Waals surface area contributed by atoms with Crippen LogP contribution in [0.4, 0.5) is 0 Å². The van der Waals surface area contributed by atoms with Crippen molar-refractivity contribution >= 4 is 22.1 Å². The summed E-state index contributed by atoms with van der Waals surface area (Å²) in [5.41, 5.74) is -0.146. The van der Waals surface area contributed by atoms with Crippen LogP contribution in [-0.2, 0) is 9.59 Å². The van der Waals surface area contributed by atoms with Gasteiger partial charge in [-0.15, -0.1) is 12.3 Å². The summed E-state index contributed by atoms with van der Waals surface area (Å²) < 4.78 is 0.538. The molecule has 0 saturated heterocycles. The molecule has 6 heteroatoms. The van der Waals surface area contributed by atoms with Crippen LogP contribution in [-0.4, -0.2) is 11.1 Å². The fourth-order valence-corrected chi connectivity index (χ4v) is 0.589. The maximum absolute atomic E-state index is 10.5. The monoisotopic (exact) mass is 223 g/mol. The number of aromatic nitrogens is 1. The summed E-state index contributed by atoms with van der Waals surface area (Å²) >= 11 is 3.03. The largest absolute Gasteiger partial charge is 1.00 e. The smallest absolute Gasteiger partial charge is 0.436 e. The molecule has 1 N–H and O–H groups in total. The Bertz CT molecular complexity index is 306. The van der Waals surface area contributed by atoms with Crippen LogP contribution < -0.4 is 24.4 Å². The zero-order chi connectivity index (χ0) is 8.69. The van der Waals surface area contributed by atoms with Crippen molar-refractivity contribution in [1.29, 1.82) is 0 Å². The van der Waals surface area contributed by atoms with Gasteiger partial charge in [-0.25, -0.2) is 0 Å². The first-order valence-electron chi connectivity index (χ1n) is 2.46. The van der Waals surface area contributed by atoms with E-state index in [-0.39, 0.29) is 30.6 Å². The molecule has 12 heavy (non-hydrogen) atoms. The van der Waals surface area contributed by atoms with E-state index in [1.807, 2.05) is 0 Å². The molecule has 0 bridgehead atoms. The predicted octanol–water partition coefficient (Wildman–Crippen LogP) is -2.64. The van der Waals surface area contributed by atoms with Gasteiger partial charge in [-0.3, -0.25) is 0 Å². The molecule has 0 aliphatic rings. The number of halogens is 1. The van der Waals surface area contributed by atoms with Crippen molar-refractivity contribution in [3.8, 4) is 0 Å². The van der Waals surface area contributed by atoms with Crippen molar-refractivity contribution in [2.24, 2.45) is 0 Å². The number of aromatic amines is 1. The van der Waals surface area contributed by atoms with Gasteiger partial charge in [0, 0.05) is 0 Å². The topological polar surface area (TPSA) is 67.0 Å². The molecule has 1 heterocycles. The molecule has 0 atom stereocenters. The van der Waals surface area contributed by atoms with Crippen molar-refractivity contribution in [2.45, 2.75) is 0 Å². The Morgan fingerprint density at radius 1 is 1.50 bits per heavy atom. The molecule has 4 nitrogen and oxygen atoms in total. The van der Waals surface area contributed by atoms with E-state index < -0.39 is 0 Å². The standard InChI is InChI=1S/C5H3BrNO.CO2.Li/c6-4-2-1-3-7-5(4)8;2-1-3;/h1-2H,(H,7,8);;/q-1;;+1. The van der Waals surface area contributed by atoms with Crippen LogP contribution in [0.25, 0.3) is 0 Å². The zero-order valence-corrected chi connectivity index (χ0v) is 7.84. The van der Waals surface area contributed by atoms with Crippen LogP contribution in [0.5, 0.6) is 0 Å². The molecule has 0 aromatic carbocycles. The summed E-state index contributed by atoms with van der Waals surface area (Å²) in [6.07, 6.45) is 2.78. The third-order valence-electron chi connectivity index (χ3n) is 0.716. The van der Waals surface area contributed by atoms with Gasteiger partial charge in [-0.1, -0.05) is 15.9 Å². The van der Waals surface area contributed by atoms with Gasteiger partial charge in [0.1, 0.15) is 5.56 Å². The molecule has 0 amide bonds. The number of rotatable bonds is 0. The fourth-order valence-electron chi connectivity index (χ4n) is 0.357. The summed E-state index contributed by atoms with van der Waals surface area (Å²) in [6.45, 7) is 0. The molecule has 1 aromatic heterocycles. The van der Waals surface area contributed by atoms with Gasteiger partial charge < -0.3 is 9.78 Å². The molecule has 1 rings (SSSR count). The van der Waals surface area contributed by atoms with Crippen molar-refractivity contribution < 1.29 is 28.4 Å². The van der Waals surface area contributed by atoms with E-state index in [4.69, 9.17) is 9.59 Å². The minimum Gasteiger partial charge on any atom is -0.436 e. The second kappa shape index (κ2) is 8.50. The summed E-state index contributed by atoms with van der Waals surface area (Å²) in [7, 11) is 0. The molecule has 0 saturated carbocycles. The summed E-state index contributed by atoms with van der Waals surface area (Å²) in [6, 6.07) is 3.27. The molecule has 0 aliphatic heterocycles. The normalized spacial score (nSPS) is 6.75. The third kappa shape index (κ3) is 6.14. The van der Waals surface area contributed by atoms with E-state index in [0.29, 0.717) is 4.47 Å². The Morgan fingerprint density at radius 3 is 2.25 bits per heavy atom. The Kier molecular flexibility index (Phi) is 9.89. The molecular weight excluding hydrogens is 221 g/mol. The zero-order valence-electron chi connectivity index (χ0n) is 6.26. The first-order valence-corrected chi connectivity index (χ1v) is 3.26. The van der Waals surface area contributed by atoms with Crippen LogP contribution in [0.15, 0.2) is 21.4 Å². The van der Waals surface area contributed by atoms with Crippen LogP contribution in [0.1, 0.15) is 0 Å². The SMILES string of the molecule is O=C=O.O=c1[nH][c-]ccc1Br.[Li+]. The minimum atomic E-state index is -0.146. The second-order valence-electron chi connectivity index (χ2n) is 1.36. The Labute approximate surface area is 88.7 Å². The van der Waals surface area contributed by atoms with E-state index in [9.17, 15) is 4.79 Å². The number of hydrogen-bond donors (Lipinski definition) is 1. The van der Waals surface area contributed by atoms with E-state index >= 15 is 0 Å². The Hall–Kier alpha value is -0.593. The van der Waals surface area contributed by atoms with E-state index in [2.05, 4.69) is 27.1 Å². The molecule has 58 valence electrons. The average molecular weight is 224 g/mol. The van der Waals surface area contributed by atoms with E-state index in [1.54, 1.807) is 12.1 Å². The minimum absolute atomic E-state index is 0. The molecule has 0 fully saturated rings. The molecular formula is C6H3BrLiNO3. The van der Waals surface area contributed by atoms with Gasteiger partial charge in [-0.2, -0.15) is 15.7 Å². The van der Waals surface area contributed by atoms with Crippen LogP contribution in [0.2, 0.25) is 0 Å². The molecule has 0 aliphatic carbocycles. The summed E-state index contributed by atoms with van der Waals surface area (Å²) in [4.78, 5) is 29.1. The quantitative estimate of drug-likeness (QED) is 0.387. The van der Waals surface area contributed by atoms with Crippen LogP contribution in [0.3, 0.4) is 0 Å². The molecule has 1 aromatic rings. The van der Waals surface area contributed by atoms with Gasteiger partial charge in [-0.05, 0) is 4.47 Å². The third-order valence-corrected chi connectivity index (χ3v) is 1.34. The fraction of sp³-hybridized carbons (Fsp3) is 0. The number of pyridine rings is 1. The molecule has 0 spiro atoms. The van der Waals surface area contributed by atoms with Gasteiger partial charge in [0.05, 0.1) is 0 Å². The number of nitrogens with one attached hydrogen (secondary N) is 1. The van der Waals surface area contributed by atoms with Crippen LogP contribution in [0, 0.1) is 6.20 Å². The van der Waals surface area contributed by atoms with Crippen molar-refractivity contribution in [2.75, 3.05) is 0 Å². The van der Waals surface area contributed by atoms with E-state index in [0.717, 1.165) is 0 Å². The average Bonchev–Trinajstić information content (AvgIpc) is 1.97. The van der Waals surface area contributed by atoms with Crippen LogP contribution >= 0.6 is 15.9 Å². The van der Waals surface area contributed by atoms with E-state index in [1.165, 1.54) is 0 Å².